The molecule has 7 nitrogen and oxygen atoms in total. The number of carboxylic acids is 1. The van der Waals surface area contributed by atoms with Gasteiger partial charge in [-0.05, 0) is 50.0 Å². The highest BCUT2D eigenvalue weighted by atomic mass is 35.5. The van der Waals surface area contributed by atoms with Gasteiger partial charge in [0.25, 0.3) is 5.91 Å². The monoisotopic (exact) mass is 616 g/mol. The van der Waals surface area contributed by atoms with Crippen LogP contribution < -0.4 is 10.1 Å². The van der Waals surface area contributed by atoms with Crippen LogP contribution in [0.25, 0.3) is 17.3 Å². The highest BCUT2D eigenvalue weighted by molar-refractivity contribution is 7.14. The molecule has 1 saturated carbocycles. The third-order valence-corrected chi connectivity index (χ3v) is 8.61. The van der Waals surface area contributed by atoms with E-state index in [0.717, 1.165) is 30.1 Å². The SMILES string of the molecule is COc1c(COCCCC2CCCCC2)cccc1-c1csc(NC(=O)c2cc(Cl)c(/C=C(\C)C(=O)O)c(Cl)c2)n1. The Kier molecular flexibility index (Phi) is 11.2. The molecular weight excluding hydrogens is 583 g/mol. The molecule has 0 bridgehead atoms. The van der Waals surface area contributed by atoms with Crippen LogP contribution in [0.5, 0.6) is 5.75 Å². The molecule has 41 heavy (non-hydrogen) atoms. The summed E-state index contributed by atoms with van der Waals surface area (Å²) in [5, 5.41) is 14.5. The van der Waals surface area contributed by atoms with Crippen LogP contribution in [-0.4, -0.2) is 35.7 Å². The van der Waals surface area contributed by atoms with E-state index in [2.05, 4.69) is 10.3 Å². The molecule has 1 aromatic heterocycles. The lowest BCUT2D eigenvalue weighted by molar-refractivity contribution is -0.132. The van der Waals surface area contributed by atoms with Crippen molar-refractivity contribution in [2.75, 3.05) is 19.0 Å². The number of para-hydroxylation sites is 1. The third kappa shape index (κ3) is 8.32. The fourth-order valence-corrected chi connectivity index (χ4v) is 6.33. The number of carbonyl (C=O) groups is 2. The van der Waals surface area contributed by atoms with Crippen molar-refractivity contribution < 1.29 is 24.2 Å². The van der Waals surface area contributed by atoms with Crippen LogP contribution in [0.1, 0.15) is 73.4 Å². The van der Waals surface area contributed by atoms with Crippen molar-refractivity contribution >= 4 is 57.6 Å². The van der Waals surface area contributed by atoms with Crippen LogP contribution in [0.15, 0.2) is 41.3 Å². The van der Waals surface area contributed by atoms with Gasteiger partial charge >= 0.3 is 5.97 Å². The summed E-state index contributed by atoms with van der Waals surface area (Å²) in [5.74, 6) is 0.0190. The molecule has 0 atom stereocenters. The minimum atomic E-state index is -1.09. The van der Waals surface area contributed by atoms with Gasteiger partial charge < -0.3 is 14.6 Å². The molecule has 2 N–H and O–H groups in total. The van der Waals surface area contributed by atoms with Crippen LogP contribution in [0, 0.1) is 5.92 Å². The summed E-state index contributed by atoms with van der Waals surface area (Å²) >= 11 is 13.9. The Balaban J connectivity index is 1.40. The van der Waals surface area contributed by atoms with Crippen LogP contribution in [0.2, 0.25) is 10.0 Å². The first kappa shape index (κ1) is 31.0. The number of methoxy groups -OCH3 is 1. The smallest absolute Gasteiger partial charge is 0.331 e. The lowest BCUT2D eigenvalue weighted by Gasteiger charge is -2.21. The second-order valence-corrected chi connectivity index (χ2v) is 11.8. The second kappa shape index (κ2) is 14.8. The molecule has 3 aromatic rings. The van der Waals surface area contributed by atoms with Gasteiger partial charge in [-0.15, -0.1) is 11.3 Å². The maximum Gasteiger partial charge on any atom is 0.331 e. The van der Waals surface area contributed by atoms with Crippen LogP contribution in [0.3, 0.4) is 0 Å². The maximum atomic E-state index is 12.9. The van der Waals surface area contributed by atoms with Crippen molar-refractivity contribution in [2.45, 2.75) is 58.5 Å². The first-order valence-corrected chi connectivity index (χ1v) is 15.3. The van der Waals surface area contributed by atoms with Crippen molar-refractivity contribution in [2.24, 2.45) is 5.92 Å². The number of nitrogens with one attached hydrogen (secondary N) is 1. The molecule has 2 aromatic carbocycles. The fourth-order valence-electron chi connectivity index (χ4n) is 5.03. The molecule has 1 heterocycles. The van der Waals surface area contributed by atoms with Gasteiger partial charge in [-0.1, -0.05) is 67.4 Å². The van der Waals surface area contributed by atoms with Crippen molar-refractivity contribution in [3.63, 3.8) is 0 Å². The average molecular weight is 618 g/mol. The van der Waals surface area contributed by atoms with Gasteiger partial charge in [-0.2, -0.15) is 0 Å². The Hall–Kier alpha value is -2.91. The summed E-state index contributed by atoms with van der Waals surface area (Å²) in [7, 11) is 1.63. The van der Waals surface area contributed by atoms with Crippen LogP contribution in [-0.2, 0) is 16.1 Å². The van der Waals surface area contributed by atoms with Gasteiger partial charge in [0.1, 0.15) is 5.75 Å². The molecular formula is C31H34Cl2N2O5S. The van der Waals surface area contributed by atoms with E-state index in [4.69, 9.17) is 37.8 Å². The number of hydrogen-bond acceptors (Lipinski definition) is 6. The molecule has 1 amide bonds. The number of anilines is 1. The number of halogens is 2. The lowest BCUT2D eigenvalue weighted by Crippen LogP contribution is -2.12. The number of benzene rings is 2. The topological polar surface area (TPSA) is 97.8 Å². The van der Waals surface area contributed by atoms with Crippen LogP contribution >= 0.6 is 34.5 Å². The predicted molar refractivity (Wildman–Crippen MR) is 165 cm³/mol. The number of rotatable bonds is 12. The molecule has 4 rings (SSSR count). The van der Waals surface area contributed by atoms with E-state index in [-0.39, 0.29) is 21.2 Å². The zero-order valence-corrected chi connectivity index (χ0v) is 25.5. The number of aromatic nitrogens is 1. The minimum Gasteiger partial charge on any atom is -0.496 e. The summed E-state index contributed by atoms with van der Waals surface area (Å²) in [6.07, 6.45) is 10.5. The Labute approximate surface area is 254 Å². The zero-order valence-electron chi connectivity index (χ0n) is 23.2. The summed E-state index contributed by atoms with van der Waals surface area (Å²) in [6.45, 7) is 2.61. The molecule has 0 spiro atoms. The van der Waals surface area contributed by atoms with E-state index in [9.17, 15) is 9.59 Å². The number of amides is 1. The molecule has 10 heteroatoms. The zero-order chi connectivity index (χ0) is 29.4. The Morgan fingerprint density at radius 3 is 2.59 bits per heavy atom. The van der Waals surface area contributed by atoms with Crippen molar-refractivity contribution in [1.82, 2.24) is 4.98 Å². The summed E-state index contributed by atoms with van der Waals surface area (Å²) < 4.78 is 11.8. The van der Waals surface area contributed by atoms with Gasteiger partial charge in [-0.3, -0.25) is 10.1 Å². The lowest BCUT2D eigenvalue weighted by atomic mass is 9.86. The minimum absolute atomic E-state index is 0.0713. The first-order chi connectivity index (χ1) is 19.8. The number of ether oxygens (including phenoxy) is 2. The first-order valence-electron chi connectivity index (χ1n) is 13.7. The molecule has 1 aliphatic carbocycles. The fraction of sp³-hybridized carbons (Fsp3) is 0.387. The number of carboxylic acid groups (broad SMARTS) is 1. The van der Waals surface area contributed by atoms with E-state index < -0.39 is 11.9 Å². The standard InChI is InChI=1S/C31H34Cl2N2O5S/c1-19(30(37)38)14-24-25(32)15-22(16-26(24)33)29(36)35-31-34-27(18-41-31)23-12-6-11-21(28(23)39-2)17-40-13-7-10-20-8-4-3-5-9-20/h6,11-12,14-16,18,20H,3-5,7-10,13,17H2,1-2H3,(H,37,38)(H,34,35,36)/b19-14+. The normalized spacial score (nSPS) is 14.2. The number of thiazole rings is 1. The highest BCUT2D eigenvalue weighted by Gasteiger charge is 2.18. The Morgan fingerprint density at radius 1 is 1.17 bits per heavy atom. The second-order valence-electron chi connectivity index (χ2n) is 10.2. The van der Waals surface area contributed by atoms with Crippen LogP contribution in [0.4, 0.5) is 5.13 Å². The van der Waals surface area contributed by atoms with Gasteiger partial charge in [0.15, 0.2) is 5.13 Å². The quantitative estimate of drug-likeness (QED) is 0.156. The Bertz CT molecular complexity index is 1390. The van der Waals surface area contributed by atoms with Gasteiger partial charge in [0.2, 0.25) is 0 Å². The number of nitrogens with zero attached hydrogens (tertiary/aromatic N) is 1. The molecule has 0 saturated heterocycles. The van der Waals surface area contributed by atoms with E-state index in [0.29, 0.717) is 28.7 Å². The number of carbonyl (C=O) groups excluding carboxylic acids is 1. The largest absolute Gasteiger partial charge is 0.496 e. The summed E-state index contributed by atoms with van der Waals surface area (Å²) in [4.78, 5) is 28.7. The Morgan fingerprint density at radius 2 is 1.90 bits per heavy atom. The van der Waals surface area contributed by atoms with Gasteiger partial charge in [-0.25, -0.2) is 9.78 Å². The molecule has 0 unspecified atom stereocenters. The molecule has 0 radical (unpaired) electrons. The molecule has 1 aliphatic rings. The summed E-state index contributed by atoms with van der Waals surface area (Å²) in [6, 6.07) is 8.75. The maximum absolute atomic E-state index is 12.9. The summed E-state index contributed by atoms with van der Waals surface area (Å²) in [5.41, 5.74) is 3.05. The van der Waals surface area contributed by atoms with E-state index in [1.54, 1.807) is 7.11 Å². The molecule has 1 fully saturated rings. The van der Waals surface area contributed by atoms with Crippen molar-refractivity contribution in [3.05, 3.63) is 68.0 Å². The van der Waals surface area contributed by atoms with Crippen molar-refractivity contribution in [1.29, 1.82) is 0 Å². The van der Waals surface area contributed by atoms with E-state index in [1.165, 1.54) is 75.0 Å². The number of aliphatic carboxylic acids is 1. The number of hydrogen-bond donors (Lipinski definition) is 2. The van der Waals surface area contributed by atoms with Gasteiger partial charge in [0, 0.05) is 39.8 Å². The van der Waals surface area contributed by atoms with Crippen molar-refractivity contribution in [3.8, 4) is 17.0 Å². The van der Waals surface area contributed by atoms with E-state index >= 15 is 0 Å². The van der Waals surface area contributed by atoms with E-state index in [1.807, 2.05) is 23.6 Å². The predicted octanol–water partition coefficient (Wildman–Crippen LogP) is 8.74. The molecule has 0 aliphatic heterocycles. The van der Waals surface area contributed by atoms with Gasteiger partial charge in [0.05, 0.1) is 29.5 Å². The third-order valence-electron chi connectivity index (χ3n) is 7.22. The molecule has 218 valence electrons. The average Bonchev–Trinajstić information content (AvgIpc) is 3.43. The highest BCUT2D eigenvalue weighted by Crippen LogP contribution is 2.36.